The monoisotopic (exact) mass is 188 g/mol. The van der Waals surface area contributed by atoms with Crippen molar-refractivity contribution in [3.05, 3.63) is 0 Å². The predicted molar refractivity (Wildman–Crippen MR) is 33.5 cm³/mol. The quantitative estimate of drug-likeness (QED) is 0.330. The predicted octanol–water partition coefficient (Wildman–Crippen LogP) is 1.30. The Morgan fingerprint density at radius 3 is 2.00 bits per heavy atom. The standard InChI is InChI=1S/C2H6IP/c3-1-2-4/h1-2,4H2. The van der Waals surface area contributed by atoms with E-state index < -0.39 is 0 Å². The highest BCUT2D eigenvalue weighted by Gasteiger charge is 1.58. The van der Waals surface area contributed by atoms with Crippen molar-refractivity contribution in [3.8, 4) is 0 Å². The topological polar surface area (TPSA) is 0 Å². The van der Waals surface area contributed by atoms with Crippen molar-refractivity contribution in [2.45, 2.75) is 0 Å². The summed E-state index contributed by atoms with van der Waals surface area (Å²) in [6.07, 6.45) is 1.22. The van der Waals surface area contributed by atoms with Gasteiger partial charge in [-0.05, 0) is 6.16 Å². The van der Waals surface area contributed by atoms with E-state index in [0.29, 0.717) is 0 Å². The van der Waals surface area contributed by atoms with Crippen LogP contribution in [0.15, 0.2) is 0 Å². The fraction of sp³-hybridized carbons (Fsp3) is 1.00. The molecule has 0 N–H and O–H groups in total. The molecule has 0 heterocycles. The second kappa shape index (κ2) is 4.16. The number of alkyl halides is 1. The lowest BCUT2D eigenvalue weighted by molar-refractivity contribution is 1.62. The molecule has 0 aliphatic heterocycles. The Balaban J connectivity index is 1.97. The van der Waals surface area contributed by atoms with Crippen molar-refractivity contribution < 1.29 is 0 Å². The summed E-state index contributed by atoms with van der Waals surface area (Å²) >= 11 is 2.33. The van der Waals surface area contributed by atoms with Crippen molar-refractivity contribution in [3.63, 3.8) is 0 Å². The molecular weight excluding hydrogens is 182 g/mol. The average Bonchev–Trinajstić information content (AvgIpc) is 1.37. The van der Waals surface area contributed by atoms with Gasteiger partial charge in [0.2, 0.25) is 0 Å². The SMILES string of the molecule is PCCI. The first-order valence-corrected chi connectivity index (χ1v) is 3.52. The molecule has 0 aliphatic rings. The van der Waals surface area contributed by atoms with Gasteiger partial charge in [-0.1, -0.05) is 22.6 Å². The van der Waals surface area contributed by atoms with Gasteiger partial charge in [-0.3, -0.25) is 0 Å². The van der Waals surface area contributed by atoms with Gasteiger partial charge >= 0.3 is 0 Å². The van der Waals surface area contributed by atoms with Gasteiger partial charge in [0.1, 0.15) is 0 Å². The number of rotatable bonds is 1. The average molecular weight is 188 g/mol. The van der Waals surface area contributed by atoms with Crippen LogP contribution < -0.4 is 0 Å². The van der Waals surface area contributed by atoms with Crippen molar-refractivity contribution in [1.82, 2.24) is 0 Å². The molecule has 0 rings (SSSR count). The Kier molecular flexibility index (Phi) is 5.37. The summed E-state index contributed by atoms with van der Waals surface area (Å²) in [6, 6.07) is 0. The first-order valence-electron chi connectivity index (χ1n) is 1.18. The summed E-state index contributed by atoms with van der Waals surface area (Å²) in [5.74, 6) is 0. The molecule has 0 fully saturated rings. The first kappa shape index (κ1) is 5.16. The van der Waals surface area contributed by atoms with Gasteiger partial charge in [0, 0.05) is 4.43 Å². The molecular formula is C2H6IP. The van der Waals surface area contributed by atoms with Crippen molar-refractivity contribution in [2.75, 3.05) is 10.6 Å². The molecule has 0 aromatic carbocycles. The van der Waals surface area contributed by atoms with E-state index in [4.69, 9.17) is 0 Å². The molecule has 0 amide bonds. The molecule has 0 aromatic heterocycles. The summed E-state index contributed by atoms with van der Waals surface area (Å²) in [5, 5.41) is 0. The van der Waals surface area contributed by atoms with Crippen molar-refractivity contribution in [1.29, 1.82) is 0 Å². The highest BCUT2D eigenvalue weighted by atomic mass is 127. The van der Waals surface area contributed by atoms with Crippen LogP contribution in [0.25, 0.3) is 0 Å². The lowest BCUT2D eigenvalue weighted by Gasteiger charge is -1.66. The van der Waals surface area contributed by atoms with Crippen molar-refractivity contribution >= 4 is 31.8 Å². The van der Waals surface area contributed by atoms with E-state index in [1.165, 1.54) is 10.6 Å². The molecule has 0 bridgehead atoms. The van der Waals surface area contributed by atoms with Crippen molar-refractivity contribution in [2.24, 2.45) is 0 Å². The second-order valence-electron chi connectivity index (χ2n) is 0.478. The van der Waals surface area contributed by atoms with Crippen LogP contribution in [0.5, 0.6) is 0 Å². The van der Waals surface area contributed by atoms with E-state index in [9.17, 15) is 0 Å². The molecule has 0 nitrogen and oxygen atoms in total. The minimum atomic E-state index is 1.22. The first-order chi connectivity index (χ1) is 1.91. The van der Waals surface area contributed by atoms with Gasteiger partial charge in [0.25, 0.3) is 0 Å². The number of hydrogen-bond donors (Lipinski definition) is 0. The smallest absolute Gasteiger partial charge is 0.00299 e. The van der Waals surface area contributed by atoms with E-state index in [-0.39, 0.29) is 0 Å². The Labute approximate surface area is 42.7 Å². The van der Waals surface area contributed by atoms with Gasteiger partial charge < -0.3 is 0 Å². The molecule has 0 saturated heterocycles. The summed E-state index contributed by atoms with van der Waals surface area (Å²) < 4.78 is 1.25. The highest BCUT2D eigenvalue weighted by Crippen LogP contribution is 1.84. The third-order valence-corrected chi connectivity index (χ3v) is 2.20. The van der Waals surface area contributed by atoms with Crippen LogP contribution in [0.2, 0.25) is 0 Å². The minimum Gasteiger partial charge on any atom is -0.137 e. The van der Waals surface area contributed by atoms with Crippen LogP contribution in [0, 0.1) is 0 Å². The lowest BCUT2D eigenvalue weighted by atomic mass is 11.0. The lowest BCUT2D eigenvalue weighted by Crippen LogP contribution is -1.61. The summed E-state index contributed by atoms with van der Waals surface area (Å²) in [5.41, 5.74) is 0. The molecule has 0 aromatic rings. The van der Waals surface area contributed by atoms with Gasteiger partial charge in [-0.2, -0.15) is 0 Å². The zero-order valence-corrected chi connectivity index (χ0v) is 5.68. The van der Waals surface area contributed by atoms with E-state index in [1.807, 2.05) is 0 Å². The minimum absolute atomic E-state index is 1.22. The summed E-state index contributed by atoms with van der Waals surface area (Å²) in [7, 11) is 2.65. The number of halogens is 1. The molecule has 4 heavy (non-hydrogen) atoms. The number of hydrogen-bond acceptors (Lipinski definition) is 0. The maximum Gasteiger partial charge on any atom is 0.00299 e. The molecule has 1 atom stereocenters. The van der Waals surface area contributed by atoms with Crippen LogP contribution in [0.4, 0.5) is 0 Å². The van der Waals surface area contributed by atoms with Crippen LogP contribution in [-0.4, -0.2) is 10.6 Å². The van der Waals surface area contributed by atoms with Crippen LogP contribution in [-0.2, 0) is 0 Å². The van der Waals surface area contributed by atoms with Gasteiger partial charge in [0.05, 0.1) is 0 Å². The molecule has 0 aliphatic carbocycles. The molecule has 2 heteroatoms. The Morgan fingerprint density at radius 2 is 2.00 bits per heavy atom. The fourth-order valence-corrected chi connectivity index (χ4v) is 0. The van der Waals surface area contributed by atoms with Gasteiger partial charge in [0.15, 0.2) is 0 Å². The van der Waals surface area contributed by atoms with E-state index in [2.05, 4.69) is 31.8 Å². The molecule has 26 valence electrons. The second-order valence-corrected chi connectivity index (χ2v) is 2.13. The van der Waals surface area contributed by atoms with Crippen LogP contribution in [0.3, 0.4) is 0 Å². The Morgan fingerprint density at radius 1 is 1.75 bits per heavy atom. The molecule has 0 radical (unpaired) electrons. The van der Waals surface area contributed by atoms with E-state index in [0.717, 1.165) is 0 Å². The molecule has 0 saturated carbocycles. The van der Waals surface area contributed by atoms with Gasteiger partial charge in [-0.25, -0.2) is 0 Å². The van der Waals surface area contributed by atoms with Crippen LogP contribution in [0.1, 0.15) is 0 Å². The van der Waals surface area contributed by atoms with Crippen LogP contribution >= 0.6 is 31.8 Å². The van der Waals surface area contributed by atoms with E-state index in [1.54, 1.807) is 0 Å². The fourth-order valence-electron chi connectivity index (χ4n) is 0. The molecule has 0 spiro atoms. The summed E-state index contributed by atoms with van der Waals surface area (Å²) in [4.78, 5) is 0. The zero-order valence-electron chi connectivity index (χ0n) is 2.37. The Hall–Kier alpha value is 1.16. The zero-order chi connectivity index (χ0) is 3.41. The summed E-state index contributed by atoms with van der Waals surface area (Å²) in [6.45, 7) is 0. The third kappa shape index (κ3) is 3.16. The molecule has 1 unspecified atom stereocenters. The van der Waals surface area contributed by atoms with E-state index >= 15 is 0 Å². The maximum atomic E-state index is 2.65. The highest BCUT2D eigenvalue weighted by molar-refractivity contribution is 14.1. The maximum absolute atomic E-state index is 2.65. The largest absolute Gasteiger partial charge is 0.137 e. The normalized spacial score (nSPS) is 7.50. The Bertz CT molecular complexity index is 8.00. The van der Waals surface area contributed by atoms with Gasteiger partial charge in [-0.15, -0.1) is 9.24 Å². The third-order valence-electron chi connectivity index (χ3n) is 0.109.